The molecule has 1 aliphatic heterocycles. The van der Waals surface area contributed by atoms with E-state index in [1.54, 1.807) is 36.1 Å². The highest BCUT2D eigenvalue weighted by molar-refractivity contribution is 5.97. The highest BCUT2D eigenvalue weighted by atomic mass is 16.2. The van der Waals surface area contributed by atoms with Gasteiger partial charge in [0.2, 0.25) is 11.8 Å². The molecule has 4 amide bonds. The van der Waals surface area contributed by atoms with Gasteiger partial charge in [-0.2, -0.15) is 0 Å². The summed E-state index contributed by atoms with van der Waals surface area (Å²) in [5, 5.41) is 8.19. The Kier molecular flexibility index (Phi) is 6.90. The second-order valence-corrected chi connectivity index (χ2v) is 7.23. The van der Waals surface area contributed by atoms with Gasteiger partial charge in [-0.1, -0.05) is 18.2 Å². The third-order valence-electron chi connectivity index (χ3n) is 4.89. The molecule has 0 aromatic heterocycles. The summed E-state index contributed by atoms with van der Waals surface area (Å²) in [6, 6.07) is 16.0. The van der Waals surface area contributed by atoms with Crippen LogP contribution in [0.3, 0.4) is 0 Å². The normalized spacial score (nSPS) is 14.6. The monoisotopic (exact) mass is 409 g/mol. The van der Waals surface area contributed by atoms with Crippen molar-refractivity contribution in [2.75, 3.05) is 41.7 Å². The van der Waals surface area contributed by atoms with Crippen molar-refractivity contribution in [2.45, 2.75) is 19.9 Å². The second kappa shape index (κ2) is 9.78. The van der Waals surface area contributed by atoms with Crippen LogP contribution < -0.4 is 20.9 Å². The highest BCUT2D eigenvalue weighted by Crippen LogP contribution is 2.16. The van der Waals surface area contributed by atoms with Gasteiger partial charge in [0, 0.05) is 50.2 Å². The van der Waals surface area contributed by atoms with Gasteiger partial charge in [-0.25, -0.2) is 4.79 Å². The van der Waals surface area contributed by atoms with Gasteiger partial charge >= 0.3 is 6.03 Å². The van der Waals surface area contributed by atoms with Crippen LogP contribution in [0.2, 0.25) is 0 Å². The Morgan fingerprint density at radius 1 is 0.833 bits per heavy atom. The van der Waals surface area contributed by atoms with E-state index in [1.807, 2.05) is 18.2 Å². The number of carbonyl (C=O) groups is 3. The molecule has 2 aromatic carbocycles. The maximum Gasteiger partial charge on any atom is 0.318 e. The number of nitrogens with one attached hydrogen (secondary N) is 3. The summed E-state index contributed by atoms with van der Waals surface area (Å²) in [7, 11) is 0. The molecule has 0 bridgehead atoms. The molecule has 1 unspecified atom stereocenters. The Morgan fingerprint density at radius 2 is 1.40 bits per heavy atom. The zero-order chi connectivity index (χ0) is 21.5. The fourth-order valence-corrected chi connectivity index (χ4v) is 3.24. The summed E-state index contributed by atoms with van der Waals surface area (Å²) in [5.74, 6) is -0.466. The minimum absolute atomic E-state index is 0.160. The maximum atomic E-state index is 12.5. The van der Waals surface area contributed by atoms with Crippen molar-refractivity contribution < 1.29 is 14.4 Å². The summed E-state index contributed by atoms with van der Waals surface area (Å²) in [6.45, 7) is 5.78. The van der Waals surface area contributed by atoms with Crippen molar-refractivity contribution >= 4 is 34.9 Å². The van der Waals surface area contributed by atoms with Crippen molar-refractivity contribution in [1.82, 2.24) is 10.2 Å². The molecule has 1 atom stereocenters. The fraction of sp³-hybridized carbons (Fsp3) is 0.318. The molecule has 30 heavy (non-hydrogen) atoms. The maximum absolute atomic E-state index is 12.5. The van der Waals surface area contributed by atoms with Crippen LogP contribution in [0.15, 0.2) is 54.6 Å². The SMILES string of the molecule is CC(=O)Nc1ccc(NC(=O)C(C)NC(=O)N2CCN(c3ccccc3)CC2)cc1. The van der Waals surface area contributed by atoms with E-state index in [4.69, 9.17) is 0 Å². The first kappa shape index (κ1) is 21.2. The van der Waals surface area contributed by atoms with Gasteiger partial charge in [-0.3, -0.25) is 9.59 Å². The Labute approximate surface area is 176 Å². The number of benzene rings is 2. The first-order chi connectivity index (χ1) is 14.4. The molecular weight excluding hydrogens is 382 g/mol. The Bertz CT molecular complexity index is 877. The molecule has 8 nitrogen and oxygen atoms in total. The van der Waals surface area contributed by atoms with Crippen LogP contribution in [0, 0.1) is 0 Å². The summed E-state index contributed by atoms with van der Waals surface area (Å²) in [5.41, 5.74) is 2.39. The number of carbonyl (C=O) groups excluding carboxylic acids is 3. The topological polar surface area (TPSA) is 93.8 Å². The summed E-state index contributed by atoms with van der Waals surface area (Å²) in [4.78, 5) is 40.0. The number of hydrogen-bond acceptors (Lipinski definition) is 4. The standard InChI is InChI=1S/C22H27N5O3/c1-16(21(29)25-19-10-8-18(9-11-19)24-17(2)28)23-22(30)27-14-12-26(13-15-27)20-6-4-3-5-7-20/h3-11,16H,12-15H2,1-2H3,(H,23,30)(H,24,28)(H,25,29). The number of urea groups is 1. The van der Waals surface area contributed by atoms with Crippen LogP contribution in [0.1, 0.15) is 13.8 Å². The molecule has 0 spiro atoms. The first-order valence-corrected chi connectivity index (χ1v) is 9.96. The molecule has 8 heteroatoms. The van der Waals surface area contributed by atoms with Crippen LogP contribution in [0.25, 0.3) is 0 Å². The smallest absolute Gasteiger partial charge is 0.318 e. The van der Waals surface area contributed by atoms with Crippen LogP contribution in [0.5, 0.6) is 0 Å². The largest absolute Gasteiger partial charge is 0.368 e. The molecule has 0 radical (unpaired) electrons. The van der Waals surface area contributed by atoms with Crippen molar-refractivity contribution in [3.63, 3.8) is 0 Å². The minimum atomic E-state index is -0.681. The lowest BCUT2D eigenvalue weighted by atomic mass is 10.2. The summed E-state index contributed by atoms with van der Waals surface area (Å²) in [6.07, 6.45) is 0. The Morgan fingerprint density at radius 3 is 1.97 bits per heavy atom. The lowest BCUT2D eigenvalue weighted by Gasteiger charge is -2.36. The highest BCUT2D eigenvalue weighted by Gasteiger charge is 2.24. The fourth-order valence-electron chi connectivity index (χ4n) is 3.24. The van der Waals surface area contributed by atoms with E-state index in [1.165, 1.54) is 6.92 Å². The van der Waals surface area contributed by atoms with E-state index in [9.17, 15) is 14.4 Å². The molecule has 1 aliphatic rings. The van der Waals surface area contributed by atoms with E-state index in [-0.39, 0.29) is 17.8 Å². The van der Waals surface area contributed by atoms with Crippen LogP contribution >= 0.6 is 0 Å². The van der Waals surface area contributed by atoms with Gasteiger partial charge in [0.15, 0.2) is 0 Å². The molecule has 3 rings (SSSR count). The molecule has 1 fully saturated rings. The van der Waals surface area contributed by atoms with Crippen LogP contribution in [-0.2, 0) is 9.59 Å². The van der Waals surface area contributed by atoms with Gasteiger partial charge in [0.25, 0.3) is 0 Å². The summed E-state index contributed by atoms with van der Waals surface area (Å²) < 4.78 is 0. The van der Waals surface area contributed by atoms with E-state index in [2.05, 4.69) is 33.0 Å². The average Bonchev–Trinajstić information content (AvgIpc) is 2.75. The number of hydrogen-bond donors (Lipinski definition) is 3. The molecule has 3 N–H and O–H groups in total. The van der Waals surface area contributed by atoms with Crippen LogP contribution in [-0.4, -0.2) is 55.0 Å². The third kappa shape index (κ3) is 5.73. The zero-order valence-electron chi connectivity index (χ0n) is 17.2. The van der Waals surface area contributed by atoms with Crippen LogP contribution in [0.4, 0.5) is 21.9 Å². The molecule has 0 saturated carbocycles. The van der Waals surface area contributed by atoms with Crippen molar-refractivity contribution in [3.8, 4) is 0 Å². The number of amides is 4. The average molecular weight is 409 g/mol. The number of rotatable bonds is 5. The quantitative estimate of drug-likeness (QED) is 0.707. The second-order valence-electron chi connectivity index (χ2n) is 7.23. The van der Waals surface area contributed by atoms with E-state index >= 15 is 0 Å². The third-order valence-corrected chi connectivity index (χ3v) is 4.89. The zero-order valence-corrected chi connectivity index (χ0v) is 17.2. The lowest BCUT2D eigenvalue weighted by Crippen LogP contribution is -2.54. The predicted molar refractivity (Wildman–Crippen MR) is 118 cm³/mol. The van der Waals surface area contributed by atoms with E-state index in [0.717, 1.165) is 18.8 Å². The molecule has 2 aromatic rings. The van der Waals surface area contributed by atoms with Gasteiger partial charge in [0.05, 0.1) is 0 Å². The Hall–Kier alpha value is -3.55. The minimum Gasteiger partial charge on any atom is -0.368 e. The van der Waals surface area contributed by atoms with Crippen molar-refractivity contribution in [2.24, 2.45) is 0 Å². The summed E-state index contributed by atoms with van der Waals surface area (Å²) >= 11 is 0. The molecule has 158 valence electrons. The molecule has 1 heterocycles. The van der Waals surface area contributed by atoms with Crippen molar-refractivity contribution in [1.29, 1.82) is 0 Å². The Balaban J connectivity index is 1.46. The first-order valence-electron chi connectivity index (χ1n) is 9.96. The molecular formula is C22H27N5O3. The number of nitrogens with zero attached hydrogens (tertiary/aromatic N) is 2. The van der Waals surface area contributed by atoms with E-state index < -0.39 is 6.04 Å². The number of piperazine rings is 1. The van der Waals surface area contributed by atoms with Gasteiger partial charge < -0.3 is 25.8 Å². The molecule has 1 saturated heterocycles. The van der Waals surface area contributed by atoms with Gasteiger partial charge in [0.1, 0.15) is 6.04 Å². The van der Waals surface area contributed by atoms with Crippen molar-refractivity contribution in [3.05, 3.63) is 54.6 Å². The van der Waals surface area contributed by atoms with Gasteiger partial charge in [-0.05, 0) is 43.3 Å². The van der Waals surface area contributed by atoms with E-state index in [0.29, 0.717) is 24.5 Å². The molecule has 0 aliphatic carbocycles. The number of para-hydroxylation sites is 1. The van der Waals surface area contributed by atoms with Gasteiger partial charge in [-0.15, -0.1) is 0 Å². The predicted octanol–water partition coefficient (Wildman–Crippen LogP) is 2.50. The lowest BCUT2D eigenvalue weighted by molar-refractivity contribution is -0.117. The number of anilines is 3.